The molecule has 2 aromatic rings. The number of nitrogens with one attached hydrogen (secondary N) is 2. The lowest BCUT2D eigenvalue weighted by atomic mass is 10.0. The van der Waals surface area contributed by atoms with Crippen molar-refractivity contribution < 1.29 is 4.74 Å². The number of benzene rings is 2. The Morgan fingerprint density at radius 2 is 1.92 bits per heavy atom. The topological polar surface area (TPSA) is 33.3 Å². The maximum Gasteiger partial charge on any atom is 0.171 e. The summed E-state index contributed by atoms with van der Waals surface area (Å²) in [4.78, 5) is 0. The minimum atomic E-state index is 0.139. The highest BCUT2D eigenvalue weighted by atomic mass is 32.1. The van der Waals surface area contributed by atoms with Crippen LogP contribution in [0.3, 0.4) is 0 Å². The van der Waals surface area contributed by atoms with Crippen molar-refractivity contribution in [1.82, 2.24) is 5.32 Å². The van der Waals surface area contributed by atoms with Crippen molar-refractivity contribution in [3.63, 3.8) is 0 Å². The van der Waals surface area contributed by atoms with Crippen molar-refractivity contribution in [2.75, 3.05) is 11.9 Å². The molecule has 24 heavy (non-hydrogen) atoms. The Bertz CT molecular complexity index is 710. The third-order valence-corrected chi connectivity index (χ3v) is 3.95. The summed E-state index contributed by atoms with van der Waals surface area (Å²) in [6, 6.07) is 14.3. The fourth-order valence-corrected chi connectivity index (χ4v) is 2.75. The minimum Gasteiger partial charge on any atom is -0.490 e. The molecule has 0 bridgehead atoms. The van der Waals surface area contributed by atoms with Crippen molar-refractivity contribution in [1.29, 1.82) is 0 Å². The van der Waals surface area contributed by atoms with Gasteiger partial charge in [-0.25, -0.2) is 0 Å². The molecule has 3 nitrogen and oxygen atoms in total. The molecule has 0 heterocycles. The van der Waals surface area contributed by atoms with Gasteiger partial charge in [0.25, 0.3) is 0 Å². The van der Waals surface area contributed by atoms with E-state index < -0.39 is 0 Å². The normalized spacial score (nSPS) is 11.5. The molecule has 0 aliphatic carbocycles. The van der Waals surface area contributed by atoms with E-state index >= 15 is 0 Å². The third kappa shape index (κ3) is 5.10. The van der Waals surface area contributed by atoms with Gasteiger partial charge in [0.2, 0.25) is 0 Å². The Morgan fingerprint density at radius 1 is 1.21 bits per heavy atom. The van der Waals surface area contributed by atoms with Crippen LogP contribution in [0.1, 0.15) is 29.7 Å². The molecule has 0 amide bonds. The van der Waals surface area contributed by atoms with Gasteiger partial charge in [0.1, 0.15) is 12.4 Å². The first kappa shape index (κ1) is 18.0. The molecule has 0 saturated heterocycles. The van der Waals surface area contributed by atoms with Crippen LogP contribution >= 0.6 is 12.2 Å². The molecular weight excluding hydrogens is 316 g/mol. The van der Waals surface area contributed by atoms with E-state index in [1.807, 2.05) is 24.3 Å². The van der Waals surface area contributed by atoms with Gasteiger partial charge >= 0.3 is 0 Å². The predicted octanol–water partition coefficient (Wildman–Crippen LogP) is 4.92. The molecule has 0 aromatic heterocycles. The van der Waals surface area contributed by atoms with Crippen LogP contribution < -0.4 is 15.4 Å². The lowest BCUT2D eigenvalue weighted by molar-refractivity contribution is 0.363. The second-order valence-electron chi connectivity index (χ2n) is 5.80. The molecule has 126 valence electrons. The highest BCUT2D eigenvalue weighted by Gasteiger charge is 2.10. The second kappa shape index (κ2) is 8.50. The summed E-state index contributed by atoms with van der Waals surface area (Å²) in [5.41, 5.74) is 4.68. The van der Waals surface area contributed by atoms with Crippen LogP contribution in [-0.2, 0) is 0 Å². The van der Waals surface area contributed by atoms with E-state index in [1.165, 1.54) is 16.7 Å². The highest BCUT2D eigenvalue weighted by molar-refractivity contribution is 7.80. The van der Waals surface area contributed by atoms with E-state index in [2.05, 4.69) is 56.2 Å². The van der Waals surface area contributed by atoms with E-state index in [0.717, 1.165) is 11.4 Å². The molecule has 0 aliphatic rings. The summed E-state index contributed by atoms with van der Waals surface area (Å²) in [6.07, 6.45) is 1.72. The van der Waals surface area contributed by atoms with Crippen LogP contribution in [0, 0.1) is 13.8 Å². The average molecular weight is 340 g/mol. The first-order valence-electron chi connectivity index (χ1n) is 7.98. The summed E-state index contributed by atoms with van der Waals surface area (Å²) in [7, 11) is 0. The van der Waals surface area contributed by atoms with Gasteiger partial charge in [-0.05, 0) is 68.4 Å². The SMILES string of the molecule is C=CCOc1ccc(NC(=S)N[C@H](C)c2cc(C)ccc2C)cc1. The van der Waals surface area contributed by atoms with Gasteiger partial charge in [0.05, 0.1) is 6.04 Å². The molecule has 0 saturated carbocycles. The van der Waals surface area contributed by atoms with Crippen molar-refractivity contribution in [3.05, 3.63) is 71.8 Å². The highest BCUT2D eigenvalue weighted by Crippen LogP contribution is 2.20. The maximum absolute atomic E-state index is 5.47. The first-order valence-corrected chi connectivity index (χ1v) is 8.39. The van der Waals surface area contributed by atoms with E-state index in [1.54, 1.807) is 6.08 Å². The van der Waals surface area contributed by atoms with Gasteiger partial charge < -0.3 is 15.4 Å². The Hall–Kier alpha value is -2.33. The summed E-state index contributed by atoms with van der Waals surface area (Å²) in [6.45, 7) is 10.5. The van der Waals surface area contributed by atoms with Crippen LogP contribution in [0.25, 0.3) is 0 Å². The molecule has 2 aromatic carbocycles. The van der Waals surface area contributed by atoms with Gasteiger partial charge in [-0.3, -0.25) is 0 Å². The van der Waals surface area contributed by atoms with Gasteiger partial charge in [-0.1, -0.05) is 36.4 Å². The largest absolute Gasteiger partial charge is 0.490 e. The van der Waals surface area contributed by atoms with Crippen molar-refractivity contribution in [3.8, 4) is 5.75 Å². The molecule has 0 unspecified atom stereocenters. The Kier molecular flexibility index (Phi) is 6.38. The van der Waals surface area contributed by atoms with Crippen LogP contribution in [-0.4, -0.2) is 11.7 Å². The van der Waals surface area contributed by atoms with Gasteiger partial charge in [-0.2, -0.15) is 0 Å². The molecule has 2 N–H and O–H groups in total. The summed E-state index contributed by atoms with van der Waals surface area (Å²) >= 11 is 5.42. The van der Waals surface area contributed by atoms with Crippen molar-refractivity contribution in [2.24, 2.45) is 0 Å². The van der Waals surface area contributed by atoms with Crippen LogP contribution in [0.2, 0.25) is 0 Å². The minimum absolute atomic E-state index is 0.139. The van der Waals surface area contributed by atoms with E-state index in [9.17, 15) is 0 Å². The van der Waals surface area contributed by atoms with E-state index in [4.69, 9.17) is 17.0 Å². The van der Waals surface area contributed by atoms with Gasteiger partial charge in [0.15, 0.2) is 5.11 Å². The summed E-state index contributed by atoms with van der Waals surface area (Å²) < 4.78 is 5.47. The number of rotatable bonds is 6. The van der Waals surface area contributed by atoms with Gasteiger partial charge in [-0.15, -0.1) is 0 Å². The van der Waals surface area contributed by atoms with Crippen molar-refractivity contribution >= 4 is 23.0 Å². The van der Waals surface area contributed by atoms with E-state index in [-0.39, 0.29) is 6.04 Å². The summed E-state index contributed by atoms with van der Waals surface area (Å²) in [5.74, 6) is 0.808. The number of hydrogen-bond acceptors (Lipinski definition) is 2. The molecule has 2 rings (SSSR count). The fraction of sp³-hybridized carbons (Fsp3) is 0.250. The average Bonchev–Trinajstić information content (AvgIpc) is 2.56. The zero-order chi connectivity index (χ0) is 17.5. The van der Waals surface area contributed by atoms with Crippen LogP contribution in [0.4, 0.5) is 5.69 Å². The first-order chi connectivity index (χ1) is 11.5. The van der Waals surface area contributed by atoms with Crippen LogP contribution in [0.5, 0.6) is 5.75 Å². The number of thiocarbonyl (C=S) groups is 1. The second-order valence-corrected chi connectivity index (χ2v) is 6.21. The molecule has 0 radical (unpaired) electrons. The maximum atomic E-state index is 5.47. The lowest BCUT2D eigenvalue weighted by Gasteiger charge is -2.19. The lowest BCUT2D eigenvalue weighted by Crippen LogP contribution is -2.31. The molecule has 1 atom stereocenters. The van der Waals surface area contributed by atoms with Crippen LogP contribution in [0.15, 0.2) is 55.1 Å². The standard InChI is InChI=1S/C20H24N2OS/c1-5-12-23-18-10-8-17(9-11-18)22-20(24)21-16(4)19-13-14(2)6-7-15(19)3/h5-11,13,16H,1,12H2,2-4H3,(H2,21,22,24)/t16-/m1/s1. The third-order valence-electron chi connectivity index (χ3n) is 3.73. The molecular formula is C20H24N2OS. The smallest absolute Gasteiger partial charge is 0.171 e. The predicted molar refractivity (Wildman–Crippen MR) is 106 cm³/mol. The molecule has 0 fully saturated rings. The zero-order valence-electron chi connectivity index (χ0n) is 14.4. The number of aryl methyl sites for hydroxylation is 2. The Balaban J connectivity index is 1.95. The Morgan fingerprint density at radius 3 is 2.58 bits per heavy atom. The van der Waals surface area contributed by atoms with Gasteiger partial charge in [0, 0.05) is 5.69 Å². The summed E-state index contributed by atoms with van der Waals surface area (Å²) in [5, 5.41) is 7.14. The molecule has 0 spiro atoms. The number of hydrogen-bond donors (Lipinski definition) is 2. The van der Waals surface area contributed by atoms with Crippen molar-refractivity contribution in [2.45, 2.75) is 26.8 Å². The zero-order valence-corrected chi connectivity index (χ0v) is 15.2. The quantitative estimate of drug-likeness (QED) is 0.578. The number of ether oxygens (including phenoxy) is 1. The fourth-order valence-electron chi connectivity index (χ4n) is 2.46. The molecule has 0 aliphatic heterocycles. The van der Waals surface area contributed by atoms with E-state index in [0.29, 0.717) is 11.7 Å². The molecule has 4 heteroatoms. The number of anilines is 1. The Labute approximate surface area is 149 Å². The monoisotopic (exact) mass is 340 g/mol.